The standard InChI is InChI=1S/C32H38FN6O6PS/c1-8-32(33)26(40)24(44-30(32)39-18-35-25-27(34-7)36-20(3)37-28(25)39)16-43-46(47,38-19(2)29(41)42-17-31(4,5)6)45-23-15-11-13-21-12-9-10-14-22(21)23/h1,9-15,18-19,24,26,30,40H,16-17H2,2-7H3,(H,38,47)(H,34,36,37)/t19-,24-,26-,30-,32-,46-/m1/s1. The molecule has 0 amide bonds. The molecule has 0 radical (unpaired) electrons. The summed E-state index contributed by atoms with van der Waals surface area (Å²) < 4.78 is 41.8. The van der Waals surface area contributed by atoms with E-state index in [9.17, 15) is 9.90 Å². The number of anilines is 1. The van der Waals surface area contributed by atoms with Crippen molar-refractivity contribution in [2.75, 3.05) is 25.6 Å². The molecular formula is C32H38FN6O6PS. The number of fused-ring (bicyclic) bond motifs is 2. The maximum Gasteiger partial charge on any atom is 0.323 e. The van der Waals surface area contributed by atoms with Crippen molar-refractivity contribution in [3.63, 3.8) is 0 Å². The van der Waals surface area contributed by atoms with Crippen molar-refractivity contribution in [1.82, 2.24) is 24.6 Å². The first kappa shape index (κ1) is 34.6. The maximum atomic E-state index is 16.5. The summed E-state index contributed by atoms with van der Waals surface area (Å²) >= 11 is 5.91. The minimum absolute atomic E-state index is 0.184. The lowest BCUT2D eigenvalue weighted by Crippen LogP contribution is -2.42. The van der Waals surface area contributed by atoms with E-state index in [-0.39, 0.29) is 17.7 Å². The first-order valence-corrected chi connectivity index (χ1v) is 17.6. The van der Waals surface area contributed by atoms with E-state index in [0.717, 1.165) is 10.8 Å². The lowest BCUT2D eigenvalue weighted by atomic mass is 9.97. The number of aromatic nitrogens is 4. The molecule has 3 heterocycles. The van der Waals surface area contributed by atoms with Crippen LogP contribution >= 0.6 is 6.64 Å². The Bertz CT molecular complexity index is 1870. The maximum absolute atomic E-state index is 16.5. The summed E-state index contributed by atoms with van der Waals surface area (Å²) in [6.07, 6.45) is 2.33. The van der Waals surface area contributed by atoms with E-state index in [1.165, 1.54) is 10.9 Å². The van der Waals surface area contributed by atoms with Crippen LogP contribution in [0, 0.1) is 24.7 Å². The molecule has 47 heavy (non-hydrogen) atoms. The zero-order valence-electron chi connectivity index (χ0n) is 26.9. The topological polar surface area (TPSA) is 142 Å². The molecule has 6 atom stereocenters. The lowest BCUT2D eigenvalue weighted by molar-refractivity contribution is -0.148. The molecule has 5 rings (SSSR count). The van der Waals surface area contributed by atoms with Gasteiger partial charge in [-0.15, -0.1) is 6.42 Å². The number of esters is 1. The van der Waals surface area contributed by atoms with E-state index in [0.29, 0.717) is 22.9 Å². The van der Waals surface area contributed by atoms with Crippen molar-refractivity contribution < 1.29 is 32.8 Å². The summed E-state index contributed by atoms with van der Waals surface area (Å²) in [5.74, 6) is 2.75. The van der Waals surface area contributed by atoms with Crippen molar-refractivity contribution in [2.45, 2.75) is 64.8 Å². The third-order valence-electron chi connectivity index (χ3n) is 7.42. The average molecular weight is 685 g/mol. The van der Waals surface area contributed by atoms with Gasteiger partial charge in [0.15, 0.2) is 23.2 Å². The molecule has 1 saturated heterocycles. The van der Waals surface area contributed by atoms with E-state index >= 15 is 4.39 Å². The van der Waals surface area contributed by atoms with Crippen molar-refractivity contribution in [1.29, 1.82) is 0 Å². The second kappa shape index (κ2) is 13.4. The summed E-state index contributed by atoms with van der Waals surface area (Å²) in [5, 5.41) is 18.8. The number of imidazole rings is 1. The van der Waals surface area contributed by atoms with E-state index in [1.807, 2.05) is 51.1 Å². The third kappa shape index (κ3) is 7.26. The second-order valence-corrected chi connectivity index (χ2v) is 15.6. The Morgan fingerprint density at radius 2 is 2.00 bits per heavy atom. The molecule has 2 aromatic heterocycles. The van der Waals surface area contributed by atoms with Gasteiger partial charge < -0.3 is 28.9 Å². The molecule has 0 bridgehead atoms. The summed E-state index contributed by atoms with van der Waals surface area (Å²) in [6.45, 7) is 5.21. The van der Waals surface area contributed by atoms with E-state index in [2.05, 4.69) is 31.3 Å². The van der Waals surface area contributed by atoms with Crippen LogP contribution in [-0.4, -0.2) is 74.8 Å². The Morgan fingerprint density at radius 1 is 1.28 bits per heavy atom. The Kier molecular flexibility index (Phi) is 9.89. The number of halogens is 1. The molecule has 0 aliphatic carbocycles. The minimum atomic E-state index is -3.62. The van der Waals surface area contributed by atoms with Gasteiger partial charge in [-0.25, -0.2) is 24.4 Å². The normalized spacial score (nSPS) is 23.3. The smallest absolute Gasteiger partial charge is 0.323 e. The van der Waals surface area contributed by atoms with Crippen LogP contribution in [0.4, 0.5) is 10.2 Å². The number of hydrogen-bond donors (Lipinski definition) is 3. The zero-order valence-corrected chi connectivity index (χ0v) is 28.6. The molecule has 15 heteroatoms. The van der Waals surface area contributed by atoms with Crippen molar-refractivity contribution in [2.24, 2.45) is 5.41 Å². The van der Waals surface area contributed by atoms with Crippen LogP contribution in [-0.2, 0) is 30.6 Å². The molecule has 1 aliphatic heterocycles. The first-order valence-electron chi connectivity index (χ1n) is 14.9. The summed E-state index contributed by atoms with van der Waals surface area (Å²) in [7, 11) is 1.67. The molecule has 12 nitrogen and oxygen atoms in total. The largest absolute Gasteiger partial charge is 0.464 e. The fraction of sp³-hybridized carbons (Fsp3) is 0.438. The number of aryl methyl sites for hydroxylation is 1. The van der Waals surface area contributed by atoms with Gasteiger partial charge in [-0.1, -0.05) is 63.1 Å². The number of rotatable bonds is 11. The van der Waals surface area contributed by atoms with Gasteiger partial charge in [-0.2, -0.15) is 0 Å². The average Bonchev–Trinajstić information content (AvgIpc) is 3.56. The molecule has 2 aromatic carbocycles. The summed E-state index contributed by atoms with van der Waals surface area (Å²) in [4.78, 5) is 26.0. The molecule has 250 valence electrons. The number of aliphatic hydroxyl groups is 1. The second-order valence-electron chi connectivity index (χ2n) is 12.5. The molecular weight excluding hydrogens is 646 g/mol. The Hall–Kier alpha value is -3.70. The molecule has 0 unspecified atom stereocenters. The molecule has 3 N–H and O–H groups in total. The highest BCUT2D eigenvalue weighted by molar-refractivity contribution is 8.09. The Labute approximate surface area is 277 Å². The van der Waals surface area contributed by atoms with Crippen LogP contribution in [0.3, 0.4) is 0 Å². The molecule has 0 saturated carbocycles. The number of benzene rings is 2. The predicted octanol–water partition coefficient (Wildman–Crippen LogP) is 4.82. The number of alkyl halides is 1. The van der Waals surface area contributed by atoms with Crippen LogP contribution in [0.2, 0.25) is 0 Å². The predicted molar refractivity (Wildman–Crippen MR) is 180 cm³/mol. The van der Waals surface area contributed by atoms with Gasteiger partial charge in [0.05, 0.1) is 19.5 Å². The first-order chi connectivity index (χ1) is 22.2. The summed E-state index contributed by atoms with van der Waals surface area (Å²) in [5.41, 5.74) is -2.33. The molecule has 0 spiro atoms. The number of nitrogens with zero attached hydrogens (tertiary/aromatic N) is 4. The molecule has 1 fully saturated rings. The van der Waals surface area contributed by atoms with Gasteiger partial charge in [0.2, 0.25) is 5.67 Å². The van der Waals surface area contributed by atoms with Gasteiger partial charge in [-0.3, -0.25) is 9.36 Å². The van der Waals surface area contributed by atoms with Crippen LogP contribution in [0.25, 0.3) is 21.9 Å². The van der Waals surface area contributed by atoms with Gasteiger partial charge in [0, 0.05) is 12.4 Å². The third-order valence-corrected chi connectivity index (χ3v) is 9.90. The van der Waals surface area contributed by atoms with E-state index < -0.39 is 49.4 Å². The quantitative estimate of drug-likeness (QED) is 0.113. The highest BCUT2D eigenvalue weighted by Gasteiger charge is 2.58. The number of terminal acetylenes is 1. The molecule has 4 aromatic rings. The Balaban J connectivity index is 1.43. The number of hydrogen-bond acceptors (Lipinski definition) is 11. The number of carbonyl (C=O) groups is 1. The SMILES string of the molecule is C#C[C@@]1(F)[C@H](O)[C@@H](CO[P@](=S)(N[C@H](C)C(=O)OCC(C)(C)C)Oc2cccc3ccccc23)O[C@H]1n1cnc2c(NC)nc(C)nc21. The van der Waals surface area contributed by atoms with E-state index in [1.54, 1.807) is 33.0 Å². The minimum Gasteiger partial charge on any atom is -0.464 e. The van der Waals surface area contributed by atoms with Gasteiger partial charge in [0.1, 0.15) is 29.8 Å². The van der Waals surface area contributed by atoms with Crippen molar-refractivity contribution >= 4 is 52.2 Å². The number of carbonyl (C=O) groups excluding carboxylic acids is 1. The number of aliphatic hydroxyl groups excluding tert-OH is 1. The van der Waals surface area contributed by atoms with Crippen LogP contribution in [0.5, 0.6) is 5.75 Å². The number of ether oxygens (including phenoxy) is 2. The highest BCUT2D eigenvalue weighted by atomic mass is 32.5. The summed E-state index contributed by atoms with van der Waals surface area (Å²) in [6, 6.07) is 12.0. The van der Waals surface area contributed by atoms with Gasteiger partial charge >= 0.3 is 12.6 Å². The van der Waals surface area contributed by atoms with E-state index in [4.69, 9.17) is 36.8 Å². The van der Waals surface area contributed by atoms with Crippen molar-refractivity contribution in [3.8, 4) is 18.1 Å². The van der Waals surface area contributed by atoms with Gasteiger partial charge in [-0.05, 0) is 42.5 Å². The Morgan fingerprint density at radius 3 is 2.70 bits per heavy atom. The molecule has 1 aliphatic rings. The van der Waals surface area contributed by atoms with Crippen LogP contribution in [0.15, 0.2) is 48.8 Å². The lowest BCUT2D eigenvalue weighted by Gasteiger charge is -2.28. The monoisotopic (exact) mass is 684 g/mol. The number of nitrogens with one attached hydrogen (secondary N) is 2. The highest BCUT2D eigenvalue weighted by Crippen LogP contribution is 2.49. The zero-order chi connectivity index (χ0) is 34.1. The van der Waals surface area contributed by atoms with Gasteiger partial charge in [0.25, 0.3) is 0 Å². The van der Waals surface area contributed by atoms with Crippen LogP contribution < -0.4 is 14.9 Å². The van der Waals surface area contributed by atoms with Crippen molar-refractivity contribution in [3.05, 3.63) is 54.6 Å². The fourth-order valence-electron chi connectivity index (χ4n) is 5.05. The van der Waals surface area contributed by atoms with Crippen LogP contribution in [0.1, 0.15) is 39.7 Å². The fourth-order valence-corrected chi connectivity index (χ4v) is 7.47.